The second-order valence-corrected chi connectivity index (χ2v) is 5.77. The number of ether oxygens (including phenoxy) is 1. The summed E-state index contributed by atoms with van der Waals surface area (Å²) in [5.41, 5.74) is 1.20. The van der Waals surface area contributed by atoms with E-state index >= 15 is 0 Å². The summed E-state index contributed by atoms with van der Waals surface area (Å²) in [6, 6.07) is 8.14. The van der Waals surface area contributed by atoms with Gasteiger partial charge in [-0.3, -0.25) is 4.99 Å². The number of hydrogen-bond acceptors (Lipinski definition) is 3. The largest absolute Gasteiger partial charge is 0.496 e. The van der Waals surface area contributed by atoms with Crippen molar-refractivity contribution in [3.8, 4) is 5.75 Å². The predicted octanol–water partition coefficient (Wildman–Crippen LogP) is 2.72. The van der Waals surface area contributed by atoms with Crippen molar-refractivity contribution in [2.24, 2.45) is 4.99 Å². The fourth-order valence-corrected chi connectivity index (χ4v) is 2.32. The van der Waals surface area contributed by atoms with Crippen molar-refractivity contribution >= 4 is 17.7 Å². The van der Waals surface area contributed by atoms with Gasteiger partial charge in [-0.15, -0.1) is 0 Å². The van der Waals surface area contributed by atoms with Crippen LogP contribution in [-0.4, -0.2) is 44.7 Å². The summed E-state index contributed by atoms with van der Waals surface area (Å²) in [4.78, 5) is 4.67. The van der Waals surface area contributed by atoms with Gasteiger partial charge >= 0.3 is 0 Å². The molecule has 2 N–H and O–H groups in total. The van der Waals surface area contributed by atoms with Crippen LogP contribution >= 0.6 is 11.8 Å². The molecular formula is C16H27N3OS. The topological polar surface area (TPSA) is 45.7 Å². The molecule has 0 spiro atoms. The zero-order valence-electron chi connectivity index (χ0n) is 13.5. The Labute approximate surface area is 132 Å². The summed E-state index contributed by atoms with van der Waals surface area (Å²) >= 11 is 1.83. The van der Waals surface area contributed by atoms with Gasteiger partial charge in [-0.25, -0.2) is 0 Å². The lowest BCUT2D eigenvalue weighted by Crippen LogP contribution is -2.38. The summed E-state index contributed by atoms with van der Waals surface area (Å²) in [5, 5.41) is 6.62. The van der Waals surface area contributed by atoms with Gasteiger partial charge < -0.3 is 15.4 Å². The van der Waals surface area contributed by atoms with E-state index in [-0.39, 0.29) is 0 Å². The Balaban J connectivity index is 2.65. The van der Waals surface area contributed by atoms with Crippen molar-refractivity contribution in [3.05, 3.63) is 29.8 Å². The SMILES string of the molecule is CCNC(=NCC(C)c1ccccc1OC)NCCSC. The van der Waals surface area contributed by atoms with E-state index in [2.05, 4.69) is 41.8 Å². The molecule has 1 aromatic carbocycles. The Morgan fingerprint density at radius 2 is 2.10 bits per heavy atom. The van der Waals surface area contributed by atoms with E-state index < -0.39 is 0 Å². The fourth-order valence-electron chi connectivity index (χ4n) is 2.01. The molecule has 1 unspecified atom stereocenters. The van der Waals surface area contributed by atoms with Crippen molar-refractivity contribution in [2.75, 3.05) is 38.8 Å². The molecule has 1 atom stereocenters. The van der Waals surface area contributed by atoms with Gasteiger partial charge in [-0.2, -0.15) is 11.8 Å². The zero-order chi connectivity index (χ0) is 15.5. The van der Waals surface area contributed by atoms with E-state index in [1.54, 1.807) is 7.11 Å². The smallest absolute Gasteiger partial charge is 0.191 e. The lowest BCUT2D eigenvalue weighted by Gasteiger charge is -2.15. The molecule has 0 heterocycles. The minimum Gasteiger partial charge on any atom is -0.496 e. The number of nitrogens with one attached hydrogen (secondary N) is 2. The molecule has 1 rings (SSSR count). The number of guanidine groups is 1. The summed E-state index contributed by atoms with van der Waals surface area (Å²) in [5.74, 6) is 3.21. The van der Waals surface area contributed by atoms with Crippen molar-refractivity contribution in [3.63, 3.8) is 0 Å². The lowest BCUT2D eigenvalue weighted by atomic mass is 10.0. The van der Waals surface area contributed by atoms with Crippen molar-refractivity contribution in [1.82, 2.24) is 10.6 Å². The van der Waals surface area contributed by atoms with Crippen LogP contribution in [0.3, 0.4) is 0 Å². The third kappa shape index (κ3) is 6.29. The number of methoxy groups -OCH3 is 1. The molecule has 0 aliphatic carbocycles. The molecule has 118 valence electrons. The van der Waals surface area contributed by atoms with E-state index in [1.807, 2.05) is 30.0 Å². The van der Waals surface area contributed by atoms with E-state index in [1.165, 1.54) is 5.56 Å². The number of para-hydroxylation sites is 1. The van der Waals surface area contributed by atoms with Crippen LogP contribution in [0.15, 0.2) is 29.3 Å². The first-order valence-electron chi connectivity index (χ1n) is 7.36. The third-order valence-electron chi connectivity index (χ3n) is 3.14. The average Bonchev–Trinajstić information content (AvgIpc) is 2.52. The maximum absolute atomic E-state index is 5.42. The molecule has 5 heteroatoms. The van der Waals surface area contributed by atoms with Crippen LogP contribution in [-0.2, 0) is 0 Å². The third-order valence-corrected chi connectivity index (χ3v) is 3.75. The lowest BCUT2D eigenvalue weighted by molar-refractivity contribution is 0.407. The number of thioether (sulfide) groups is 1. The first-order valence-corrected chi connectivity index (χ1v) is 8.76. The second kappa shape index (κ2) is 10.4. The summed E-state index contributed by atoms with van der Waals surface area (Å²) in [7, 11) is 1.71. The molecule has 0 aliphatic rings. The molecule has 0 radical (unpaired) electrons. The van der Waals surface area contributed by atoms with E-state index in [9.17, 15) is 0 Å². The number of hydrogen-bond donors (Lipinski definition) is 2. The summed E-state index contributed by atoms with van der Waals surface area (Å²) in [6.45, 7) is 6.78. The number of benzene rings is 1. The van der Waals surface area contributed by atoms with Crippen LogP contribution in [0.25, 0.3) is 0 Å². The molecule has 0 bridgehead atoms. The molecule has 0 saturated heterocycles. The Hall–Kier alpha value is -1.36. The highest BCUT2D eigenvalue weighted by Gasteiger charge is 2.10. The number of rotatable bonds is 8. The van der Waals surface area contributed by atoms with E-state index in [4.69, 9.17) is 4.74 Å². The maximum Gasteiger partial charge on any atom is 0.191 e. The minimum atomic E-state index is 0.317. The van der Waals surface area contributed by atoms with Gasteiger partial charge in [0.05, 0.1) is 7.11 Å². The van der Waals surface area contributed by atoms with Gasteiger partial charge in [0.25, 0.3) is 0 Å². The molecular weight excluding hydrogens is 282 g/mol. The highest BCUT2D eigenvalue weighted by Crippen LogP contribution is 2.26. The van der Waals surface area contributed by atoms with Crippen LogP contribution in [0.2, 0.25) is 0 Å². The van der Waals surface area contributed by atoms with Gasteiger partial charge in [0.15, 0.2) is 5.96 Å². The normalized spacial score (nSPS) is 12.9. The van der Waals surface area contributed by atoms with Gasteiger partial charge in [-0.05, 0) is 24.8 Å². The Bertz CT molecular complexity index is 437. The van der Waals surface area contributed by atoms with Gasteiger partial charge in [0.2, 0.25) is 0 Å². The van der Waals surface area contributed by atoms with Crippen LogP contribution in [0.4, 0.5) is 0 Å². The van der Waals surface area contributed by atoms with Crippen molar-refractivity contribution in [1.29, 1.82) is 0 Å². The predicted molar refractivity (Wildman–Crippen MR) is 93.8 cm³/mol. The molecule has 0 aromatic heterocycles. The van der Waals surface area contributed by atoms with Crippen molar-refractivity contribution < 1.29 is 4.74 Å². The van der Waals surface area contributed by atoms with Gasteiger partial charge in [0.1, 0.15) is 5.75 Å². The molecule has 0 aliphatic heterocycles. The highest BCUT2D eigenvalue weighted by molar-refractivity contribution is 7.98. The molecule has 4 nitrogen and oxygen atoms in total. The average molecular weight is 309 g/mol. The Kier molecular flexibility index (Phi) is 8.74. The molecule has 21 heavy (non-hydrogen) atoms. The Morgan fingerprint density at radius 3 is 2.76 bits per heavy atom. The molecule has 1 aromatic rings. The molecule has 0 fully saturated rings. The van der Waals surface area contributed by atoms with Gasteiger partial charge in [-0.1, -0.05) is 25.1 Å². The molecule has 0 saturated carbocycles. The monoisotopic (exact) mass is 309 g/mol. The Morgan fingerprint density at radius 1 is 1.33 bits per heavy atom. The standard InChI is InChI=1S/C16H27N3OS/c1-5-17-16(18-10-11-21-4)19-12-13(2)14-8-6-7-9-15(14)20-3/h6-9,13H,5,10-12H2,1-4H3,(H2,17,18,19). The quantitative estimate of drug-likeness (QED) is 0.440. The molecule has 0 amide bonds. The van der Waals surface area contributed by atoms with E-state index in [0.717, 1.165) is 37.1 Å². The zero-order valence-corrected chi connectivity index (χ0v) is 14.3. The highest BCUT2D eigenvalue weighted by atomic mass is 32.2. The summed E-state index contributed by atoms with van der Waals surface area (Å²) < 4.78 is 5.42. The first-order chi connectivity index (χ1) is 10.2. The van der Waals surface area contributed by atoms with Crippen LogP contribution in [0.1, 0.15) is 25.3 Å². The van der Waals surface area contributed by atoms with E-state index in [0.29, 0.717) is 5.92 Å². The first kappa shape index (κ1) is 17.7. The van der Waals surface area contributed by atoms with Crippen LogP contribution < -0.4 is 15.4 Å². The van der Waals surface area contributed by atoms with Gasteiger partial charge in [0, 0.05) is 31.3 Å². The summed E-state index contributed by atoms with van der Waals surface area (Å²) in [6.07, 6.45) is 2.11. The van der Waals surface area contributed by atoms with Crippen molar-refractivity contribution in [2.45, 2.75) is 19.8 Å². The fraction of sp³-hybridized carbons (Fsp3) is 0.562. The number of aliphatic imine (C=N–C) groups is 1. The second-order valence-electron chi connectivity index (χ2n) is 4.78. The van der Waals surface area contributed by atoms with Crippen LogP contribution in [0.5, 0.6) is 5.75 Å². The minimum absolute atomic E-state index is 0.317. The van der Waals surface area contributed by atoms with Crippen LogP contribution in [0, 0.1) is 0 Å². The number of nitrogens with zero attached hydrogens (tertiary/aromatic N) is 1. The maximum atomic E-state index is 5.42.